The van der Waals surface area contributed by atoms with Crippen molar-refractivity contribution in [2.24, 2.45) is 34.5 Å². The fourth-order valence-electron chi connectivity index (χ4n) is 7.33. The lowest BCUT2D eigenvalue weighted by Crippen LogP contribution is -2.63. The number of rotatable bonds is 3. The van der Waals surface area contributed by atoms with E-state index in [9.17, 15) is 29.3 Å². The van der Waals surface area contributed by atoms with E-state index in [4.69, 9.17) is 0 Å². The van der Waals surface area contributed by atoms with Crippen molar-refractivity contribution in [2.75, 3.05) is 13.3 Å². The van der Waals surface area contributed by atoms with Gasteiger partial charge < -0.3 is 15.3 Å². The van der Waals surface area contributed by atoms with Crippen LogP contribution in [0, 0.1) is 34.5 Å². The number of carbonyl (C=O) groups is 2. The summed E-state index contributed by atoms with van der Waals surface area (Å²) in [6, 6.07) is 0. The van der Waals surface area contributed by atoms with Crippen LogP contribution in [0.15, 0.2) is 23.8 Å². The highest BCUT2D eigenvalue weighted by atomic mass is 19.1. The summed E-state index contributed by atoms with van der Waals surface area (Å²) in [5.74, 6) is -1.95. The Morgan fingerprint density at radius 3 is 2.71 bits per heavy atom. The van der Waals surface area contributed by atoms with E-state index in [0.717, 1.165) is 12.0 Å². The minimum absolute atomic E-state index is 0.00307. The number of Topliss-reactive ketones (excluding diaryl/α,β-unsaturated/α-hetero) is 1. The summed E-state index contributed by atoms with van der Waals surface area (Å²) in [6.07, 6.45) is 6.28. The SMILES string of the molecule is C[C@]12C=CC(=O)C=C1CC[C@@H]1[C@@H]2C(O)C[C@@]2(C)[C@H]1C[C@@H](CF)[C@]2(O)C(=O)CO. The smallest absolute Gasteiger partial charge is 0.190 e. The van der Waals surface area contributed by atoms with E-state index >= 15 is 0 Å². The summed E-state index contributed by atoms with van der Waals surface area (Å²) in [5.41, 5.74) is -2.39. The van der Waals surface area contributed by atoms with Gasteiger partial charge in [-0.3, -0.25) is 14.0 Å². The van der Waals surface area contributed by atoms with Crippen molar-refractivity contribution < 1.29 is 29.3 Å². The van der Waals surface area contributed by atoms with Gasteiger partial charge in [0.05, 0.1) is 12.8 Å². The molecule has 0 aromatic heterocycles. The number of fused-ring (bicyclic) bond motifs is 5. The molecule has 0 saturated heterocycles. The number of hydrogen-bond acceptors (Lipinski definition) is 5. The highest BCUT2D eigenvalue weighted by Gasteiger charge is 2.71. The van der Waals surface area contributed by atoms with Crippen LogP contribution in [0.4, 0.5) is 4.39 Å². The lowest BCUT2D eigenvalue weighted by Gasteiger charge is -2.59. The number of aliphatic hydroxyl groups is 3. The van der Waals surface area contributed by atoms with E-state index in [1.54, 1.807) is 19.1 Å². The zero-order valence-electron chi connectivity index (χ0n) is 16.4. The second-order valence-electron chi connectivity index (χ2n) is 9.65. The molecule has 0 aromatic rings. The van der Waals surface area contributed by atoms with E-state index in [2.05, 4.69) is 0 Å². The topological polar surface area (TPSA) is 94.8 Å². The summed E-state index contributed by atoms with van der Waals surface area (Å²) >= 11 is 0. The van der Waals surface area contributed by atoms with Gasteiger partial charge >= 0.3 is 0 Å². The number of hydrogen-bond donors (Lipinski definition) is 3. The van der Waals surface area contributed by atoms with Gasteiger partial charge in [-0.15, -0.1) is 0 Å². The van der Waals surface area contributed by atoms with Crippen molar-refractivity contribution in [3.8, 4) is 0 Å². The van der Waals surface area contributed by atoms with Crippen LogP contribution in [0.5, 0.6) is 0 Å². The van der Waals surface area contributed by atoms with E-state index in [1.807, 2.05) is 13.0 Å². The Morgan fingerprint density at radius 2 is 2.07 bits per heavy atom. The summed E-state index contributed by atoms with van der Waals surface area (Å²) in [5, 5.41) is 32.0. The van der Waals surface area contributed by atoms with Crippen LogP contribution in [-0.4, -0.2) is 51.9 Å². The average molecular weight is 392 g/mol. The van der Waals surface area contributed by atoms with Crippen molar-refractivity contribution in [3.05, 3.63) is 23.8 Å². The number of allylic oxidation sites excluding steroid dienone is 4. The maximum Gasteiger partial charge on any atom is 0.190 e. The van der Waals surface area contributed by atoms with Crippen molar-refractivity contribution in [1.82, 2.24) is 0 Å². The van der Waals surface area contributed by atoms with Gasteiger partial charge in [-0.25, -0.2) is 0 Å². The molecule has 0 heterocycles. The van der Waals surface area contributed by atoms with Crippen LogP contribution in [-0.2, 0) is 9.59 Å². The maximum absolute atomic E-state index is 13.9. The Kier molecular flexibility index (Phi) is 4.49. The molecular formula is C22H29FO5. The largest absolute Gasteiger partial charge is 0.393 e. The minimum Gasteiger partial charge on any atom is -0.393 e. The molecule has 0 bridgehead atoms. The second-order valence-corrected chi connectivity index (χ2v) is 9.65. The number of alkyl halides is 1. The van der Waals surface area contributed by atoms with E-state index in [-0.39, 0.29) is 30.0 Å². The van der Waals surface area contributed by atoms with Crippen molar-refractivity contribution >= 4 is 11.6 Å². The first-order valence-corrected chi connectivity index (χ1v) is 10.2. The average Bonchev–Trinajstić information content (AvgIpc) is 2.89. The molecule has 0 amide bonds. The van der Waals surface area contributed by atoms with E-state index in [0.29, 0.717) is 12.8 Å². The maximum atomic E-state index is 13.9. The van der Waals surface area contributed by atoms with Crippen LogP contribution in [0.25, 0.3) is 0 Å². The summed E-state index contributed by atoms with van der Waals surface area (Å²) in [7, 11) is 0. The Labute approximate surface area is 164 Å². The molecule has 28 heavy (non-hydrogen) atoms. The number of aliphatic hydroxyl groups excluding tert-OH is 2. The van der Waals surface area contributed by atoms with Gasteiger partial charge in [0, 0.05) is 22.7 Å². The van der Waals surface area contributed by atoms with Gasteiger partial charge in [0.2, 0.25) is 0 Å². The molecule has 5 nitrogen and oxygen atoms in total. The predicted octanol–water partition coefficient (Wildman–Crippen LogP) is 1.75. The third kappa shape index (κ3) is 2.28. The fourth-order valence-corrected chi connectivity index (χ4v) is 7.33. The van der Waals surface area contributed by atoms with Crippen molar-refractivity contribution in [3.63, 3.8) is 0 Å². The van der Waals surface area contributed by atoms with Gasteiger partial charge in [0.15, 0.2) is 11.6 Å². The molecule has 4 aliphatic rings. The highest BCUT2D eigenvalue weighted by molar-refractivity contribution is 6.01. The molecule has 6 heteroatoms. The predicted molar refractivity (Wildman–Crippen MR) is 99.9 cm³/mol. The van der Waals surface area contributed by atoms with Crippen LogP contribution in [0.1, 0.15) is 39.5 Å². The Morgan fingerprint density at radius 1 is 1.36 bits per heavy atom. The lowest BCUT2D eigenvalue weighted by molar-refractivity contribution is -0.185. The fraction of sp³-hybridized carbons (Fsp3) is 0.727. The third-order valence-electron chi connectivity index (χ3n) is 8.64. The summed E-state index contributed by atoms with van der Waals surface area (Å²) in [6.45, 7) is 2.14. The summed E-state index contributed by atoms with van der Waals surface area (Å²) < 4.78 is 13.9. The zero-order chi connectivity index (χ0) is 20.5. The van der Waals surface area contributed by atoms with E-state index in [1.165, 1.54) is 0 Å². The van der Waals surface area contributed by atoms with Gasteiger partial charge in [-0.1, -0.05) is 25.5 Å². The van der Waals surface area contributed by atoms with Gasteiger partial charge in [0.25, 0.3) is 0 Å². The van der Waals surface area contributed by atoms with Gasteiger partial charge in [-0.2, -0.15) is 0 Å². The van der Waals surface area contributed by atoms with Crippen LogP contribution < -0.4 is 0 Å². The molecule has 0 radical (unpaired) electrons. The molecule has 4 aliphatic carbocycles. The molecular weight excluding hydrogens is 363 g/mol. The van der Waals surface area contributed by atoms with Crippen LogP contribution >= 0.6 is 0 Å². The number of ketones is 2. The second kappa shape index (κ2) is 6.31. The zero-order valence-corrected chi connectivity index (χ0v) is 16.4. The Balaban J connectivity index is 1.79. The van der Waals surface area contributed by atoms with Crippen LogP contribution in [0.3, 0.4) is 0 Å². The molecule has 1 unspecified atom stereocenters. The first-order chi connectivity index (χ1) is 13.1. The van der Waals surface area contributed by atoms with Crippen molar-refractivity contribution in [2.45, 2.75) is 51.2 Å². The molecule has 8 atom stereocenters. The first-order valence-electron chi connectivity index (χ1n) is 10.2. The minimum atomic E-state index is -1.97. The van der Waals surface area contributed by atoms with E-state index < -0.39 is 47.5 Å². The van der Waals surface area contributed by atoms with Gasteiger partial charge in [0.1, 0.15) is 12.2 Å². The molecule has 0 aromatic carbocycles. The lowest BCUT2D eigenvalue weighted by atomic mass is 9.46. The quantitative estimate of drug-likeness (QED) is 0.680. The molecule has 4 rings (SSSR count). The number of carbonyl (C=O) groups excluding carboxylic acids is 2. The first kappa shape index (κ1) is 19.9. The third-order valence-corrected chi connectivity index (χ3v) is 8.64. The molecule has 154 valence electrons. The molecule has 0 aliphatic heterocycles. The number of halogens is 1. The standard InChI is InChI=1S/C22H29FO5/c1-20-6-5-14(25)7-12(20)3-4-15-16-8-13(10-23)22(28,18(27)11-24)21(16,2)9-17(26)19(15)20/h5-7,13,15-17,19,24,26,28H,3-4,8-11H2,1-2H3/t13-,15-,16-,17?,19+,20-,21-,22-/m0/s1. The van der Waals surface area contributed by atoms with Gasteiger partial charge in [-0.05, 0) is 49.7 Å². The molecule has 0 spiro atoms. The summed E-state index contributed by atoms with van der Waals surface area (Å²) in [4.78, 5) is 24.4. The Hall–Kier alpha value is -1.37. The van der Waals surface area contributed by atoms with Crippen molar-refractivity contribution in [1.29, 1.82) is 0 Å². The molecule has 3 fully saturated rings. The normalized spacial score (nSPS) is 49.9. The molecule has 3 saturated carbocycles. The highest BCUT2D eigenvalue weighted by Crippen LogP contribution is 2.68. The van der Waals surface area contributed by atoms with Crippen LogP contribution in [0.2, 0.25) is 0 Å². The monoisotopic (exact) mass is 392 g/mol. The molecule has 3 N–H and O–H groups in total. The Bertz CT molecular complexity index is 775.